The van der Waals surface area contributed by atoms with Gasteiger partial charge in [0.05, 0.1) is 30.9 Å². The Morgan fingerprint density at radius 1 is 1.37 bits per heavy atom. The van der Waals surface area contributed by atoms with Gasteiger partial charge in [-0.15, -0.1) is 0 Å². The molecule has 0 aliphatic rings. The maximum absolute atomic E-state index is 4.98. The van der Waals surface area contributed by atoms with E-state index in [-0.39, 0.29) is 0 Å². The van der Waals surface area contributed by atoms with Gasteiger partial charge in [-0.1, -0.05) is 6.07 Å². The lowest BCUT2D eigenvalue weighted by molar-refractivity contribution is 0.199. The van der Waals surface area contributed by atoms with Gasteiger partial charge in [-0.2, -0.15) is 0 Å². The van der Waals surface area contributed by atoms with E-state index < -0.39 is 0 Å². The van der Waals surface area contributed by atoms with Crippen LogP contribution in [0.1, 0.15) is 17.0 Å². The van der Waals surface area contributed by atoms with Crippen LogP contribution in [0.4, 0.5) is 0 Å². The minimum absolute atomic E-state index is 0.716. The number of aryl methyl sites for hydroxylation is 1. The molecule has 0 unspecified atom stereocenters. The number of aromatic nitrogens is 3. The number of ether oxygens (including phenoxy) is 1. The SMILES string of the molecule is COCCNCc1cn(Cc2ncccc2C)cn1. The first-order valence-electron chi connectivity index (χ1n) is 6.40. The molecule has 2 aromatic heterocycles. The summed E-state index contributed by atoms with van der Waals surface area (Å²) in [4.78, 5) is 8.76. The van der Waals surface area contributed by atoms with E-state index in [1.807, 2.05) is 24.8 Å². The molecule has 0 saturated carbocycles. The Kier molecular flexibility index (Phi) is 5.06. The number of hydrogen-bond donors (Lipinski definition) is 1. The van der Waals surface area contributed by atoms with Crippen molar-refractivity contribution in [2.45, 2.75) is 20.0 Å². The number of imidazole rings is 1. The molecule has 1 N–H and O–H groups in total. The van der Waals surface area contributed by atoms with Crippen molar-refractivity contribution in [3.05, 3.63) is 47.8 Å². The summed E-state index contributed by atoms with van der Waals surface area (Å²) in [6, 6.07) is 4.03. The molecule has 0 aliphatic carbocycles. The second-order valence-corrected chi connectivity index (χ2v) is 4.47. The number of rotatable bonds is 7. The fraction of sp³-hybridized carbons (Fsp3) is 0.429. The molecule has 0 bridgehead atoms. The molecule has 5 heteroatoms. The molecule has 0 radical (unpaired) electrons. The summed E-state index contributed by atoms with van der Waals surface area (Å²) in [6.45, 7) is 5.15. The van der Waals surface area contributed by atoms with E-state index in [9.17, 15) is 0 Å². The molecule has 0 saturated heterocycles. The van der Waals surface area contributed by atoms with Crippen LogP contribution in [0.15, 0.2) is 30.9 Å². The van der Waals surface area contributed by atoms with Crippen LogP contribution in [0.2, 0.25) is 0 Å². The third-order valence-corrected chi connectivity index (χ3v) is 2.93. The molecular weight excluding hydrogens is 240 g/mol. The number of pyridine rings is 1. The number of nitrogens with one attached hydrogen (secondary N) is 1. The third-order valence-electron chi connectivity index (χ3n) is 2.93. The van der Waals surface area contributed by atoms with E-state index in [1.165, 1.54) is 5.56 Å². The highest BCUT2D eigenvalue weighted by Crippen LogP contribution is 2.06. The zero-order valence-corrected chi connectivity index (χ0v) is 11.5. The third kappa shape index (κ3) is 4.15. The Morgan fingerprint density at radius 2 is 2.26 bits per heavy atom. The smallest absolute Gasteiger partial charge is 0.0953 e. The van der Waals surface area contributed by atoms with Crippen LogP contribution in [0.5, 0.6) is 0 Å². The van der Waals surface area contributed by atoms with E-state index in [2.05, 4.69) is 32.8 Å². The molecule has 2 heterocycles. The summed E-state index contributed by atoms with van der Waals surface area (Å²) in [5.41, 5.74) is 3.32. The Morgan fingerprint density at radius 3 is 3.05 bits per heavy atom. The minimum atomic E-state index is 0.716. The zero-order valence-electron chi connectivity index (χ0n) is 11.5. The molecule has 0 aliphatic heterocycles. The number of nitrogens with zero attached hydrogens (tertiary/aromatic N) is 3. The topological polar surface area (TPSA) is 52.0 Å². The van der Waals surface area contributed by atoms with Gasteiger partial charge in [0, 0.05) is 32.6 Å². The molecule has 5 nitrogen and oxygen atoms in total. The van der Waals surface area contributed by atoms with Crippen molar-refractivity contribution in [2.24, 2.45) is 0 Å². The van der Waals surface area contributed by atoms with Crippen molar-refractivity contribution in [1.82, 2.24) is 19.9 Å². The maximum atomic E-state index is 4.98. The first-order valence-corrected chi connectivity index (χ1v) is 6.40. The van der Waals surface area contributed by atoms with Crippen molar-refractivity contribution in [3.8, 4) is 0 Å². The first kappa shape index (κ1) is 13.7. The summed E-state index contributed by atoms with van der Waals surface area (Å²) in [6.07, 6.45) is 5.72. The average Bonchev–Trinajstić information content (AvgIpc) is 2.85. The molecule has 2 rings (SSSR count). The predicted octanol–water partition coefficient (Wildman–Crippen LogP) is 1.37. The van der Waals surface area contributed by atoms with Crippen molar-refractivity contribution < 1.29 is 4.74 Å². The lowest BCUT2D eigenvalue weighted by Crippen LogP contribution is -2.18. The summed E-state index contributed by atoms with van der Waals surface area (Å²) in [7, 11) is 1.70. The summed E-state index contributed by atoms with van der Waals surface area (Å²) in [5.74, 6) is 0. The summed E-state index contributed by atoms with van der Waals surface area (Å²) < 4.78 is 7.04. The van der Waals surface area contributed by atoms with Gasteiger partial charge in [-0.05, 0) is 18.6 Å². The molecule has 0 aromatic carbocycles. The van der Waals surface area contributed by atoms with E-state index in [0.29, 0.717) is 6.61 Å². The molecule has 2 aromatic rings. The van der Waals surface area contributed by atoms with Gasteiger partial charge < -0.3 is 14.6 Å². The molecular formula is C14H20N4O. The quantitative estimate of drug-likeness (QED) is 0.764. The van der Waals surface area contributed by atoms with Crippen LogP contribution >= 0.6 is 0 Å². The fourth-order valence-electron chi connectivity index (χ4n) is 1.83. The highest BCUT2D eigenvalue weighted by molar-refractivity contribution is 5.18. The lowest BCUT2D eigenvalue weighted by atomic mass is 10.2. The number of hydrogen-bond acceptors (Lipinski definition) is 4. The van der Waals surface area contributed by atoms with Crippen molar-refractivity contribution in [2.75, 3.05) is 20.3 Å². The largest absolute Gasteiger partial charge is 0.383 e. The van der Waals surface area contributed by atoms with Gasteiger partial charge in [0.25, 0.3) is 0 Å². The molecule has 0 amide bonds. The number of methoxy groups -OCH3 is 1. The fourth-order valence-corrected chi connectivity index (χ4v) is 1.83. The van der Waals surface area contributed by atoms with Gasteiger partial charge in [0.2, 0.25) is 0 Å². The van der Waals surface area contributed by atoms with Crippen molar-refractivity contribution in [1.29, 1.82) is 0 Å². The second-order valence-electron chi connectivity index (χ2n) is 4.47. The average molecular weight is 260 g/mol. The molecule has 102 valence electrons. The van der Waals surface area contributed by atoms with E-state index in [4.69, 9.17) is 4.74 Å². The second kappa shape index (κ2) is 7.01. The van der Waals surface area contributed by atoms with Gasteiger partial charge in [0.1, 0.15) is 0 Å². The Bertz CT molecular complexity index is 510. The van der Waals surface area contributed by atoms with E-state index in [1.54, 1.807) is 7.11 Å². The van der Waals surface area contributed by atoms with Gasteiger partial charge in [-0.25, -0.2) is 4.98 Å². The monoisotopic (exact) mass is 260 g/mol. The van der Waals surface area contributed by atoms with E-state index >= 15 is 0 Å². The van der Waals surface area contributed by atoms with Crippen molar-refractivity contribution >= 4 is 0 Å². The Balaban J connectivity index is 1.89. The van der Waals surface area contributed by atoms with Gasteiger partial charge >= 0.3 is 0 Å². The summed E-state index contributed by atoms with van der Waals surface area (Å²) in [5, 5.41) is 3.27. The predicted molar refractivity (Wildman–Crippen MR) is 73.9 cm³/mol. The summed E-state index contributed by atoms with van der Waals surface area (Å²) >= 11 is 0. The van der Waals surface area contributed by atoms with Crippen LogP contribution in [-0.2, 0) is 17.8 Å². The molecule has 0 spiro atoms. The van der Waals surface area contributed by atoms with Crippen LogP contribution in [0, 0.1) is 6.92 Å². The molecule has 0 atom stereocenters. The zero-order chi connectivity index (χ0) is 13.5. The maximum Gasteiger partial charge on any atom is 0.0953 e. The highest BCUT2D eigenvalue weighted by atomic mass is 16.5. The van der Waals surface area contributed by atoms with E-state index in [0.717, 1.165) is 31.0 Å². The Hall–Kier alpha value is -1.72. The standard InChI is InChI=1S/C14H20N4O/c1-12-4-3-5-16-14(12)10-18-9-13(17-11-18)8-15-6-7-19-2/h3-5,9,11,15H,6-8,10H2,1-2H3. The molecule has 19 heavy (non-hydrogen) atoms. The van der Waals surface area contributed by atoms with Crippen LogP contribution in [0.3, 0.4) is 0 Å². The van der Waals surface area contributed by atoms with Crippen molar-refractivity contribution in [3.63, 3.8) is 0 Å². The minimum Gasteiger partial charge on any atom is -0.383 e. The van der Waals surface area contributed by atoms with Gasteiger partial charge in [0.15, 0.2) is 0 Å². The van der Waals surface area contributed by atoms with Crippen LogP contribution in [-0.4, -0.2) is 34.8 Å². The highest BCUT2D eigenvalue weighted by Gasteiger charge is 2.02. The van der Waals surface area contributed by atoms with Crippen LogP contribution in [0.25, 0.3) is 0 Å². The van der Waals surface area contributed by atoms with Gasteiger partial charge in [-0.3, -0.25) is 4.98 Å². The Labute approximate surface area is 113 Å². The first-order chi connectivity index (χ1) is 9.29. The molecule has 0 fully saturated rings. The lowest BCUT2D eigenvalue weighted by Gasteiger charge is -2.04. The van der Waals surface area contributed by atoms with Crippen LogP contribution < -0.4 is 5.32 Å². The normalized spacial score (nSPS) is 10.8.